The Morgan fingerprint density at radius 1 is 1.47 bits per heavy atom. The van der Waals surface area contributed by atoms with E-state index in [9.17, 15) is 9.18 Å². The van der Waals surface area contributed by atoms with E-state index < -0.39 is 17.2 Å². The zero-order valence-electron chi connectivity index (χ0n) is 10.4. The van der Waals surface area contributed by atoms with Gasteiger partial charge in [0, 0.05) is 10.0 Å². The fourth-order valence-corrected chi connectivity index (χ4v) is 1.94. The van der Waals surface area contributed by atoms with Gasteiger partial charge >= 0.3 is 5.97 Å². The number of aromatic amines is 1. The van der Waals surface area contributed by atoms with E-state index >= 15 is 0 Å². The normalized spacial score (nSPS) is 11.6. The molecule has 0 saturated carbocycles. The van der Waals surface area contributed by atoms with Gasteiger partial charge in [0.05, 0.1) is 11.9 Å². The molecule has 2 aromatic rings. The number of nitrogens with one attached hydrogen (secondary N) is 1. The number of aromatic nitrogens is 2. The van der Waals surface area contributed by atoms with E-state index in [4.69, 9.17) is 5.11 Å². The van der Waals surface area contributed by atoms with Crippen molar-refractivity contribution in [2.45, 2.75) is 19.3 Å². The van der Waals surface area contributed by atoms with Crippen molar-refractivity contribution in [3.8, 4) is 11.3 Å². The highest BCUT2D eigenvalue weighted by Crippen LogP contribution is 2.28. The number of imidazole rings is 1. The molecular weight excluding hydrogens is 315 g/mol. The van der Waals surface area contributed by atoms with Gasteiger partial charge in [0.2, 0.25) is 0 Å². The summed E-state index contributed by atoms with van der Waals surface area (Å²) in [4.78, 5) is 18.1. The molecule has 6 heteroatoms. The predicted octanol–water partition coefficient (Wildman–Crippen LogP) is 3.34. The summed E-state index contributed by atoms with van der Waals surface area (Å²) < 4.78 is 14.5. The van der Waals surface area contributed by atoms with Gasteiger partial charge in [0.15, 0.2) is 0 Å². The maximum Gasteiger partial charge on any atom is 0.316 e. The van der Waals surface area contributed by atoms with Crippen molar-refractivity contribution in [1.82, 2.24) is 9.97 Å². The molecule has 1 aromatic heterocycles. The van der Waals surface area contributed by atoms with E-state index in [1.165, 1.54) is 26.1 Å². The van der Waals surface area contributed by atoms with Crippen molar-refractivity contribution in [1.29, 1.82) is 0 Å². The molecule has 0 bridgehead atoms. The molecule has 2 N–H and O–H groups in total. The number of rotatable bonds is 3. The van der Waals surface area contributed by atoms with E-state index in [2.05, 4.69) is 25.9 Å². The predicted molar refractivity (Wildman–Crippen MR) is 72.3 cm³/mol. The third-order valence-electron chi connectivity index (χ3n) is 2.92. The van der Waals surface area contributed by atoms with Crippen LogP contribution in [0.5, 0.6) is 0 Å². The van der Waals surface area contributed by atoms with E-state index in [0.29, 0.717) is 11.3 Å². The molecule has 19 heavy (non-hydrogen) atoms. The number of H-pyrrole nitrogens is 1. The number of hydrogen-bond donors (Lipinski definition) is 2. The Morgan fingerprint density at radius 3 is 2.79 bits per heavy atom. The summed E-state index contributed by atoms with van der Waals surface area (Å²) in [5.74, 6) is -1.11. The van der Waals surface area contributed by atoms with Gasteiger partial charge in [-0.1, -0.05) is 15.9 Å². The lowest BCUT2D eigenvalue weighted by Crippen LogP contribution is -2.29. The molecule has 1 heterocycles. The minimum atomic E-state index is -1.15. The van der Waals surface area contributed by atoms with Gasteiger partial charge in [-0.3, -0.25) is 4.79 Å². The molecule has 1 aromatic carbocycles. The summed E-state index contributed by atoms with van der Waals surface area (Å²) in [6.07, 6.45) is 1.44. The summed E-state index contributed by atoms with van der Waals surface area (Å²) >= 11 is 3.27. The number of benzene rings is 1. The molecular formula is C13H12BrFN2O2. The second kappa shape index (κ2) is 4.77. The number of halogens is 2. The fraction of sp³-hybridized carbons (Fsp3) is 0.231. The molecule has 100 valence electrons. The van der Waals surface area contributed by atoms with E-state index in [0.717, 1.165) is 4.47 Å². The van der Waals surface area contributed by atoms with Crippen molar-refractivity contribution in [2.75, 3.05) is 0 Å². The SMILES string of the molecule is CC(C)(C(=O)O)c1ncc(-c2cc(Br)ccc2F)[nH]1. The Hall–Kier alpha value is -1.69. The van der Waals surface area contributed by atoms with Crippen LogP contribution in [-0.4, -0.2) is 21.0 Å². The molecule has 0 radical (unpaired) electrons. The zero-order valence-corrected chi connectivity index (χ0v) is 12.0. The van der Waals surface area contributed by atoms with Crippen LogP contribution in [0.1, 0.15) is 19.7 Å². The third kappa shape index (κ3) is 2.53. The maximum absolute atomic E-state index is 13.7. The minimum absolute atomic E-state index is 0.286. The number of carbonyl (C=O) groups is 1. The highest BCUT2D eigenvalue weighted by Gasteiger charge is 2.32. The smallest absolute Gasteiger partial charge is 0.316 e. The summed E-state index contributed by atoms with van der Waals surface area (Å²) in [5.41, 5.74) is -0.363. The van der Waals surface area contributed by atoms with Crippen LogP contribution in [-0.2, 0) is 10.2 Å². The van der Waals surface area contributed by atoms with Crippen molar-refractivity contribution in [3.63, 3.8) is 0 Å². The van der Waals surface area contributed by atoms with Crippen LogP contribution < -0.4 is 0 Å². The van der Waals surface area contributed by atoms with Crippen molar-refractivity contribution < 1.29 is 14.3 Å². The zero-order chi connectivity index (χ0) is 14.2. The van der Waals surface area contributed by atoms with Crippen LogP contribution in [0.15, 0.2) is 28.9 Å². The van der Waals surface area contributed by atoms with Crippen molar-refractivity contribution in [3.05, 3.63) is 40.5 Å². The van der Waals surface area contributed by atoms with E-state index in [-0.39, 0.29) is 5.82 Å². The molecule has 0 amide bonds. The lowest BCUT2D eigenvalue weighted by Gasteiger charge is -2.15. The highest BCUT2D eigenvalue weighted by atomic mass is 79.9. The molecule has 0 atom stereocenters. The maximum atomic E-state index is 13.7. The monoisotopic (exact) mass is 326 g/mol. The lowest BCUT2D eigenvalue weighted by atomic mass is 9.93. The average molecular weight is 327 g/mol. The number of aliphatic carboxylic acids is 1. The molecule has 0 saturated heterocycles. The Morgan fingerprint density at radius 2 is 2.16 bits per heavy atom. The topological polar surface area (TPSA) is 66.0 Å². The summed E-state index contributed by atoms with van der Waals surface area (Å²) in [6.45, 7) is 3.07. The fourth-order valence-electron chi connectivity index (χ4n) is 1.58. The van der Waals surface area contributed by atoms with Crippen LogP contribution in [0.3, 0.4) is 0 Å². The second-order valence-electron chi connectivity index (χ2n) is 4.70. The first-order valence-corrected chi connectivity index (χ1v) is 6.36. The number of carboxylic acid groups (broad SMARTS) is 1. The Kier molecular flexibility index (Phi) is 3.45. The highest BCUT2D eigenvalue weighted by molar-refractivity contribution is 9.10. The molecule has 0 fully saturated rings. The number of hydrogen-bond acceptors (Lipinski definition) is 2. The molecule has 0 unspecified atom stereocenters. The number of nitrogens with zero attached hydrogens (tertiary/aromatic N) is 1. The van der Waals surface area contributed by atoms with Gasteiger partial charge in [-0.05, 0) is 32.0 Å². The van der Waals surface area contributed by atoms with Crippen molar-refractivity contribution in [2.24, 2.45) is 0 Å². The number of carboxylic acids is 1. The molecule has 4 nitrogen and oxygen atoms in total. The molecule has 0 spiro atoms. The van der Waals surface area contributed by atoms with Gasteiger partial charge < -0.3 is 10.1 Å². The summed E-state index contributed by atoms with van der Waals surface area (Å²) in [6, 6.07) is 4.54. The van der Waals surface area contributed by atoms with E-state index in [1.807, 2.05) is 0 Å². The summed E-state index contributed by atoms with van der Waals surface area (Å²) in [7, 11) is 0. The minimum Gasteiger partial charge on any atom is -0.481 e. The Balaban J connectivity index is 2.47. The average Bonchev–Trinajstić information content (AvgIpc) is 2.82. The van der Waals surface area contributed by atoms with Gasteiger partial charge in [0.1, 0.15) is 17.1 Å². The van der Waals surface area contributed by atoms with Gasteiger partial charge in [-0.15, -0.1) is 0 Å². The summed E-state index contributed by atoms with van der Waals surface area (Å²) in [5, 5.41) is 9.13. The van der Waals surface area contributed by atoms with Crippen molar-refractivity contribution >= 4 is 21.9 Å². The standard InChI is InChI=1S/C13H12BrFN2O2/c1-13(2,12(18)19)11-16-6-10(17-11)8-5-7(14)3-4-9(8)15/h3-6H,1-2H3,(H,16,17)(H,18,19). The van der Waals surface area contributed by atoms with Crippen LogP contribution in [0.2, 0.25) is 0 Å². The van der Waals surface area contributed by atoms with Crippen LogP contribution in [0.4, 0.5) is 4.39 Å². The Bertz CT molecular complexity index is 637. The van der Waals surface area contributed by atoms with Crippen LogP contribution in [0, 0.1) is 5.82 Å². The largest absolute Gasteiger partial charge is 0.481 e. The molecule has 2 rings (SSSR count). The first kappa shape index (κ1) is 13.7. The lowest BCUT2D eigenvalue weighted by molar-refractivity contribution is -0.142. The van der Waals surface area contributed by atoms with Gasteiger partial charge in [-0.2, -0.15) is 0 Å². The molecule has 0 aliphatic heterocycles. The first-order valence-electron chi connectivity index (χ1n) is 5.56. The van der Waals surface area contributed by atoms with Crippen LogP contribution >= 0.6 is 15.9 Å². The van der Waals surface area contributed by atoms with Crippen LogP contribution in [0.25, 0.3) is 11.3 Å². The molecule has 0 aliphatic carbocycles. The quantitative estimate of drug-likeness (QED) is 0.909. The third-order valence-corrected chi connectivity index (χ3v) is 3.41. The molecule has 0 aliphatic rings. The Labute approximate surface area is 117 Å². The van der Waals surface area contributed by atoms with Gasteiger partial charge in [0.25, 0.3) is 0 Å². The van der Waals surface area contributed by atoms with Gasteiger partial charge in [-0.25, -0.2) is 9.37 Å². The second-order valence-corrected chi connectivity index (χ2v) is 5.62. The van der Waals surface area contributed by atoms with E-state index in [1.54, 1.807) is 12.1 Å². The first-order chi connectivity index (χ1) is 8.82.